The van der Waals surface area contributed by atoms with E-state index in [1.165, 1.54) is 64.2 Å². The minimum Gasteiger partial charge on any atom is -1.00 e. The van der Waals surface area contributed by atoms with Crippen LogP contribution in [0.3, 0.4) is 0 Å². The topological polar surface area (TPSA) is 26.0 Å². The van der Waals surface area contributed by atoms with Gasteiger partial charge in [-0.1, -0.05) is 64.7 Å². The molecule has 3 heteroatoms. The van der Waals surface area contributed by atoms with Gasteiger partial charge in [-0.25, -0.2) is 0 Å². The first-order chi connectivity index (χ1) is 6.41. The van der Waals surface area contributed by atoms with Crippen molar-refractivity contribution in [1.82, 2.24) is 0 Å². The Kier molecular flexibility index (Phi) is 29.4. The molecule has 0 aromatic carbocycles. The second-order valence-corrected chi connectivity index (χ2v) is 3.97. The molecular weight excluding hydrogens is 217 g/mol. The third-order valence-electron chi connectivity index (χ3n) is 2.56. The maximum atomic E-state index is 5.42. The zero-order valence-electron chi connectivity index (χ0n) is 12.5. The van der Waals surface area contributed by atoms with Gasteiger partial charge < -0.3 is 8.59 Å². The van der Waals surface area contributed by atoms with Crippen molar-refractivity contribution in [2.24, 2.45) is 5.73 Å². The van der Waals surface area contributed by atoms with Crippen LogP contribution in [-0.4, -0.2) is 44.3 Å². The van der Waals surface area contributed by atoms with E-state index >= 15 is 0 Å². The number of hydrogen-bond donors (Lipinski definition) is 1. The molecule has 0 saturated carbocycles. The molecule has 0 aliphatic carbocycles. The second kappa shape index (κ2) is 20.5. The van der Waals surface area contributed by atoms with E-state index in [2.05, 4.69) is 6.92 Å². The van der Waals surface area contributed by atoms with Gasteiger partial charge in [0.25, 0.3) is 0 Å². The van der Waals surface area contributed by atoms with Crippen LogP contribution in [0.5, 0.6) is 0 Å². The van der Waals surface area contributed by atoms with Crippen LogP contribution in [0.15, 0.2) is 0 Å². The third kappa shape index (κ3) is 21.1. The van der Waals surface area contributed by atoms with E-state index in [-0.39, 0.29) is 45.3 Å². The van der Waals surface area contributed by atoms with Crippen molar-refractivity contribution in [3.63, 3.8) is 0 Å². The Morgan fingerprint density at radius 1 is 0.733 bits per heavy atom. The smallest absolute Gasteiger partial charge is 1.00 e. The number of unbranched alkanes of at least 4 members (excludes halogenated alkanes) is 9. The minimum atomic E-state index is 0. The van der Waals surface area contributed by atoms with Crippen molar-refractivity contribution in [2.45, 2.75) is 71.1 Å². The SMILES string of the molecule is CCCCCCCCCCCCN.F.[Ca+2].[H-].[H-]. The fraction of sp³-hybridized carbons (Fsp3) is 1.00. The first-order valence-electron chi connectivity index (χ1n) is 6.12. The summed E-state index contributed by atoms with van der Waals surface area (Å²) in [5.41, 5.74) is 5.42. The summed E-state index contributed by atoms with van der Waals surface area (Å²) < 4.78 is 0. The van der Waals surface area contributed by atoms with Crippen molar-refractivity contribution in [3.8, 4) is 0 Å². The summed E-state index contributed by atoms with van der Waals surface area (Å²) in [5.74, 6) is 0. The maximum absolute atomic E-state index is 5.42. The van der Waals surface area contributed by atoms with E-state index < -0.39 is 0 Å². The van der Waals surface area contributed by atoms with Gasteiger partial charge in [0.15, 0.2) is 0 Å². The molecule has 0 aromatic rings. The van der Waals surface area contributed by atoms with Gasteiger partial charge in [0.2, 0.25) is 0 Å². The Balaban J connectivity index is -0.000000120. The van der Waals surface area contributed by atoms with Crippen LogP contribution in [-0.2, 0) is 0 Å². The Morgan fingerprint density at radius 2 is 1.07 bits per heavy atom. The average Bonchev–Trinajstić information content (AvgIpc) is 2.16. The first-order valence-corrected chi connectivity index (χ1v) is 6.12. The number of halogens is 1. The maximum Gasteiger partial charge on any atom is 2.00 e. The standard InChI is InChI=1S/C12H27N.Ca.FH.2H/c1-2-3-4-5-6-7-8-9-10-11-12-13;;;;/h2-13H2,1H3;;1H;;/q;+2;;2*-1. The van der Waals surface area contributed by atoms with Crippen LogP contribution in [0, 0.1) is 0 Å². The summed E-state index contributed by atoms with van der Waals surface area (Å²) in [7, 11) is 0. The Labute approximate surface area is 128 Å². The molecule has 0 heterocycles. The van der Waals surface area contributed by atoms with Crippen molar-refractivity contribution >= 4 is 37.7 Å². The fourth-order valence-electron chi connectivity index (χ4n) is 1.63. The molecule has 0 spiro atoms. The molecule has 0 unspecified atom stereocenters. The molecule has 0 bridgehead atoms. The third-order valence-corrected chi connectivity index (χ3v) is 2.56. The zero-order valence-corrected chi connectivity index (χ0v) is 12.7. The van der Waals surface area contributed by atoms with Crippen LogP contribution < -0.4 is 5.73 Å². The number of hydrogen-bond acceptors (Lipinski definition) is 1. The van der Waals surface area contributed by atoms with E-state index in [0.29, 0.717) is 0 Å². The first kappa shape index (κ1) is 21.4. The summed E-state index contributed by atoms with van der Waals surface area (Å²) in [6.45, 7) is 3.14. The number of rotatable bonds is 10. The molecule has 0 aromatic heterocycles. The predicted molar refractivity (Wildman–Crippen MR) is 71.4 cm³/mol. The molecule has 92 valence electrons. The van der Waals surface area contributed by atoms with Crippen molar-refractivity contribution in [2.75, 3.05) is 6.54 Å². The van der Waals surface area contributed by atoms with E-state index in [0.717, 1.165) is 6.54 Å². The summed E-state index contributed by atoms with van der Waals surface area (Å²) in [6.07, 6.45) is 13.9. The van der Waals surface area contributed by atoms with Crippen LogP contribution in [0.25, 0.3) is 0 Å². The molecular formula is C12H30CaFN. The molecule has 0 aliphatic rings. The van der Waals surface area contributed by atoms with Gasteiger partial charge in [0, 0.05) is 0 Å². The van der Waals surface area contributed by atoms with Crippen molar-refractivity contribution in [1.29, 1.82) is 0 Å². The molecule has 0 fully saturated rings. The summed E-state index contributed by atoms with van der Waals surface area (Å²) >= 11 is 0. The number of nitrogens with two attached hydrogens (primary N) is 1. The fourth-order valence-corrected chi connectivity index (χ4v) is 1.63. The molecule has 0 radical (unpaired) electrons. The summed E-state index contributed by atoms with van der Waals surface area (Å²) in [5, 5.41) is 0. The molecule has 2 N–H and O–H groups in total. The van der Waals surface area contributed by atoms with Crippen molar-refractivity contribution < 1.29 is 7.56 Å². The molecule has 0 saturated heterocycles. The van der Waals surface area contributed by atoms with Gasteiger partial charge in [0.05, 0.1) is 0 Å². The Bertz CT molecular complexity index is 90.6. The van der Waals surface area contributed by atoms with Gasteiger partial charge in [0.1, 0.15) is 0 Å². The molecule has 0 rings (SSSR count). The van der Waals surface area contributed by atoms with Crippen LogP contribution >= 0.6 is 0 Å². The van der Waals surface area contributed by atoms with Crippen molar-refractivity contribution in [3.05, 3.63) is 0 Å². The molecule has 0 atom stereocenters. The zero-order chi connectivity index (χ0) is 9.78. The van der Waals surface area contributed by atoms with E-state index in [4.69, 9.17) is 5.73 Å². The monoisotopic (exact) mass is 247 g/mol. The molecule has 1 nitrogen and oxygen atoms in total. The van der Waals surface area contributed by atoms with Gasteiger partial charge in [-0.15, -0.1) is 0 Å². The summed E-state index contributed by atoms with van der Waals surface area (Å²) in [4.78, 5) is 0. The van der Waals surface area contributed by atoms with Gasteiger partial charge in [-0.3, -0.25) is 4.70 Å². The average molecular weight is 247 g/mol. The van der Waals surface area contributed by atoms with Crippen LogP contribution in [0.4, 0.5) is 4.70 Å². The Morgan fingerprint density at radius 3 is 1.40 bits per heavy atom. The Hall–Kier alpha value is 1.15. The van der Waals surface area contributed by atoms with Crippen LogP contribution in [0.2, 0.25) is 0 Å². The normalized spacial score (nSPS) is 9.20. The second-order valence-electron chi connectivity index (χ2n) is 3.97. The molecule has 15 heavy (non-hydrogen) atoms. The molecule has 0 amide bonds. The minimum absolute atomic E-state index is 0. The van der Waals surface area contributed by atoms with Crippen LogP contribution in [0.1, 0.15) is 74.0 Å². The quantitative estimate of drug-likeness (QED) is 0.460. The van der Waals surface area contributed by atoms with Gasteiger partial charge >= 0.3 is 37.7 Å². The predicted octanol–water partition coefficient (Wildman–Crippen LogP) is 3.86. The van der Waals surface area contributed by atoms with Gasteiger partial charge in [-0.2, -0.15) is 0 Å². The summed E-state index contributed by atoms with van der Waals surface area (Å²) in [6, 6.07) is 0. The molecule has 0 aliphatic heterocycles. The van der Waals surface area contributed by atoms with E-state index in [1.54, 1.807) is 0 Å². The largest absolute Gasteiger partial charge is 2.00 e. The van der Waals surface area contributed by atoms with E-state index in [9.17, 15) is 0 Å². The van der Waals surface area contributed by atoms with E-state index in [1.807, 2.05) is 0 Å². The van der Waals surface area contributed by atoms with Gasteiger partial charge in [-0.05, 0) is 13.0 Å².